The highest BCUT2D eigenvalue weighted by molar-refractivity contribution is 14.1. The van der Waals surface area contributed by atoms with Crippen molar-refractivity contribution < 1.29 is 32.6 Å². The van der Waals surface area contributed by atoms with Crippen LogP contribution in [0.5, 0.6) is 11.5 Å². The van der Waals surface area contributed by atoms with E-state index >= 15 is 0 Å². The lowest BCUT2D eigenvalue weighted by Crippen LogP contribution is -2.28. The van der Waals surface area contributed by atoms with Crippen molar-refractivity contribution in [2.45, 2.75) is 6.18 Å². The van der Waals surface area contributed by atoms with E-state index < -0.39 is 23.3 Å². The minimum absolute atomic E-state index is 0.0144. The molecule has 25 heavy (non-hydrogen) atoms. The number of halogens is 4. The van der Waals surface area contributed by atoms with Crippen LogP contribution < -0.4 is 4.74 Å². The van der Waals surface area contributed by atoms with E-state index in [2.05, 4.69) is 0 Å². The van der Waals surface area contributed by atoms with Crippen LogP contribution in [0.3, 0.4) is 0 Å². The first kappa shape index (κ1) is 19.4. The van der Waals surface area contributed by atoms with E-state index in [1.54, 1.807) is 22.6 Å². The number of aromatic hydroxyl groups is 1. The summed E-state index contributed by atoms with van der Waals surface area (Å²) < 4.78 is 43.9. The Morgan fingerprint density at radius 2 is 2.00 bits per heavy atom. The van der Waals surface area contributed by atoms with Crippen LogP contribution in [0.2, 0.25) is 0 Å². The quantitative estimate of drug-likeness (QED) is 0.225. The lowest BCUT2D eigenvalue weighted by molar-refractivity contribution is -0.166. The Labute approximate surface area is 158 Å². The first-order chi connectivity index (χ1) is 11.6. The molecule has 0 spiro atoms. The van der Waals surface area contributed by atoms with Crippen molar-refractivity contribution >= 4 is 51.6 Å². The molecule has 132 valence electrons. The van der Waals surface area contributed by atoms with E-state index in [4.69, 9.17) is 4.74 Å². The van der Waals surface area contributed by atoms with Gasteiger partial charge in [-0.3, -0.25) is 9.59 Å². The second-order valence-corrected chi connectivity index (χ2v) is 6.85. The van der Waals surface area contributed by atoms with Gasteiger partial charge in [0.1, 0.15) is 0 Å². The van der Waals surface area contributed by atoms with Gasteiger partial charge >= 0.3 is 6.18 Å². The third kappa shape index (κ3) is 4.40. The molecule has 0 aliphatic rings. The molecule has 2 rings (SSSR count). The highest BCUT2D eigenvalue weighted by atomic mass is 127. The normalized spacial score (nSPS) is 12.1. The van der Waals surface area contributed by atoms with Crippen molar-refractivity contribution in [3.8, 4) is 11.5 Å². The van der Waals surface area contributed by atoms with Crippen molar-refractivity contribution in [2.75, 3.05) is 7.11 Å². The lowest BCUT2D eigenvalue weighted by Gasteiger charge is -2.10. The molecule has 0 atom stereocenters. The van der Waals surface area contributed by atoms with Gasteiger partial charge in [-0.2, -0.15) is 13.2 Å². The fourth-order valence-corrected chi connectivity index (χ4v) is 3.23. The number of hydrogen-bond donors (Lipinski definition) is 1. The van der Waals surface area contributed by atoms with Gasteiger partial charge in [0.25, 0.3) is 5.78 Å². The molecule has 0 saturated heterocycles. The monoisotopic (exact) mass is 482 g/mol. The molecule has 0 radical (unpaired) electrons. The summed E-state index contributed by atoms with van der Waals surface area (Å²) in [4.78, 5) is 24.1. The molecule has 9 heteroatoms. The number of hydrogen-bond acceptors (Lipinski definition) is 5. The van der Waals surface area contributed by atoms with E-state index in [0.29, 0.717) is 3.57 Å². The Morgan fingerprint density at radius 3 is 2.52 bits per heavy atom. The number of rotatable bonds is 5. The number of alkyl halides is 3. The van der Waals surface area contributed by atoms with Crippen LogP contribution >= 0.6 is 33.9 Å². The van der Waals surface area contributed by atoms with Crippen LogP contribution in [0, 0.1) is 3.57 Å². The van der Waals surface area contributed by atoms with Crippen molar-refractivity contribution in [2.24, 2.45) is 0 Å². The molecule has 0 amide bonds. The number of ketones is 2. The third-order valence-corrected chi connectivity index (χ3v) is 4.76. The third-order valence-electron chi connectivity index (χ3n) is 3.07. The van der Waals surface area contributed by atoms with Gasteiger partial charge in [0.2, 0.25) is 5.78 Å². The fraction of sp³-hybridized carbons (Fsp3) is 0.125. The Kier molecular flexibility index (Phi) is 5.88. The summed E-state index contributed by atoms with van der Waals surface area (Å²) in [6, 6.07) is 5.42. The van der Waals surface area contributed by atoms with Crippen LogP contribution in [0.15, 0.2) is 35.2 Å². The van der Waals surface area contributed by atoms with E-state index in [1.165, 1.54) is 36.8 Å². The number of Topliss-reactive ketones (excluding diaryl/α,β-unsaturated/α-hetero) is 2. The Bertz CT molecular complexity index is 842. The number of thiophene rings is 1. The number of methoxy groups -OCH3 is 1. The topological polar surface area (TPSA) is 63.6 Å². The molecule has 0 fully saturated rings. The summed E-state index contributed by atoms with van der Waals surface area (Å²) in [6.07, 6.45) is -4.34. The molecule has 1 heterocycles. The van der Waals surface area contributed by atoms with Crippen LogP contribution in [-0.4, -0.2) is 30.0 Å². The zero-order valence-corrected chi connectivity index (χ0v) is 15.5. The molecule has 1 aromatic heterocycles. The highest BCUT2D eigenvalue weighted by Gasteiger charge is 2.43. The minimum Gasteiger partial charge on any atom is -0.504 e. The zero-order valence-electron chi connectivity index (χ0n) is 12.6. The van der Waals surface area contributed by atoms with E-state index in [9.17, 15) is 27.9 Å². The van der Waals surface area contributed by atoms with E-state index in [0.717, 1.165) is 17.4 Å². The first-order valence-electron chi connectivity index (χ1n) is 6.63. The molecule has 1 aromatic carbocycles. The number of ether oxygens (including phenoxy) is 1. The molecule has 0 aliphatic carbocycles. The maximum atomic E-state index is 12.9. The summed E-state index contributed by atoms with van der Waals surface area (Å²) in [5, 5.41) is 11.3. The standard InChI is InChI=1S/C16H10F3IO4S/c1-24-11-7-8(6-10(20)14(11)22)5-9(15(23)16(17,18)19)13(21)12-3-2-4-25-12/h2-7,22H,1H3/b9-5+. The maximum Gasteiger partial charge on any atom is 0.455 e. The largest absolute Gasteiger partial charge is 0.504 e. The summed E-state index contributed by atoms with van der Waals surface area (Å²) in [5.41, 5.74) is -0.880. The maximum absolute atomic E-state index is 12.9. The molecule has 2 aromatic rings. The van der Waals surface area contributed by atoms with Crippen molar-refractivity contribution in [1.82, 2.24) is 0 Å². The fourth-order valence-electron chi connectivity index (χ4n) is 1.93. The SMILES string of the molecule is COc1cc(/C=C(\C(=O)c2cccs2)C(=O)C(F)(F)F)cc(I)c1O. The van der Waals surface area contributed by atoms with Crippen LogP contribution in [0.1, 0.15) is 15.2 Å². The van der Waals surface area contributed by atoms with E-state index in [-0.39, 0.29) is 21.9 Å². The van der Waals surface area contributed by atoms with Crippen molar-refractivity contribution in [3.05, 3.63) is 49.2 Å². The number of allylic oxidation sites excluding steroid dienone is 1. The Balaban J connectivity index is 2.59. The lowest BCUT2D eigenvalue weighted by atomic mass is 10.0. The molecule has 4 nitrogen and oxygen atoms in total. The van der Waals surface area contributed by atoms with Gasteiger partial charge in [-0.25, -0.2) is 0 Å². The number of phenols is 1. The van der Waals surface area contributed by atoms with Gasteiger partial charge in [0.15, 0.2) is 11.5 Å². The highest BCUT2D eigenvalue weighted by Crippen LogP contribution is 2.34. The molecule has 0 aliphatic heterocycles. The van der Waals surface area contributed by atoms with Gasteiger partial charge in [-0.15, -0.1) is 11.3 Å². The van der Waals surface area contributed by atoms with Gasteiger partial charge in [0, 0.05) is 0 Å². The average molecular weight is 482 g/mol. The molecule has 0 unspecified atom stereocenters. The predicted octanol–water partition coefficient (Wildman–Crippen LogP) is 4.46. The average Bonchev–Trinajstić information content (AvgIpc) is 3.08. The summed E-state index contributed by atoms with van der Waals surface area (Å²) in [7, 11) is 1.28. The minimum atomic E-state index is -5.19. The van der Waals surface area contributed by atoms with Gasteiger partial charge in [-0.05, 0) is 57.8 Å². The number of benzene rings is 1. The van der Waals surface area contributed by atoms with Crippen LogP contribution in [0.25, 0.3) is 6.08 Å². The summed E-state index contributed by atoms with van der Waals surface area (Å²) in [6.45, 7) is 0. The van der Waals surface area contributed by atoms with Crippen molar-refractivity contribution in [1.29, 1.82) is 0 Å². The van der Waals surface area contributed by atoms with Gasteiger partial charge in [0.05, 0.1) is 21.1 Å². The first-order valence-corrected chi connectivity index (χ1v) is 8.59. The summed E-state index contributed by atoms with van der Waals surface area (Å²) >= 11 is 2.69. The van der Waals surface area contributed by atoms with Gasteiger partial charge in [-0.1, -0.05) is 6.07 Å². The molecule has 1 N–H and O–H groups in total. The van der Waals surface area contributed by atoms with E-state index in [1.807, 2.05) is 0 Å². The number of carbonyl (C=O) groups excluding carboxylic acids is 2. The van der Waals surface area contributed by atoms with Crippen LogP contribution in [0.4, 0.5) is 13.2 Å². The summed E-state index contributed by atoms with van der Waals surface area (Å²) in [5.74, 6) is -3.42. The molecular formula is C16H10F3IO4S. The molecule has 0 saturated carbocycles. The predicted molar refractivity (Wildman–Crippen MR) is 95.1 cm³/mol. The van der Waals surface area contributed by atoms with Gasteiger partial charge < -0.3 is 9.84 Å². The second kappa shape index (κ2) is 7.56. The number of phenolic OH excluding ortho intramolecular Hbond substituents is 1. The second-order valence-electron chi connectivity index (χ2n) is 4.74. The van der Waals surface area contributed by atoms with Crippen LogP contribution in [-0.2, 0) is 4.79 Å². The zero-order chi connectivity index (χ0) is 18.8. The molecule has 0 bridgehead atoms. The molecular weight excluding hydrogens is 472 g/mol. The Hall–Kier alpha value is -1.88. The number of carbonyl (C=O) groups is 2. The Morgan fingerprint density at radius 1 is 1.32 bits per heavy atom. The smallest absolute Gasteiger partial charge is 0.455 e. The van der Waals surface area contributed by atoms with Crippen molar-refractivity contribution in [3.63, 3.8) is 0 Å².